The van der Waals surface area contributed by atoms with Gasteiger partial charge >= 0.3 is 0 Å². The standard InChI is InChI=1S/C18H28F2N4O2.HI/c1-5-21-17(23-11-16(25)24-18(2,3)4)22-10-13-7-6-8-14(9-13)26-12-15(19)20;/h6-9,15H,5,10-12H2,1-4H3,(H,24,25)(H2,21,22,23);1H. The van der Waals surface area contributed by atoms with Crippen LogP contribution in [0.15, 0.2) is 29.3 Å². The van der Waals surface area contributed by atoms with E-state index < -0.39 is 13.0 Å². The Balaban J connectivity index is 0.00000676. The Morgan fingerprint density at radius 3 is 2.56 bits per heavy atom. The van der Waals surface area contributed by atoms with Gasteiger partial charge in [-0.15, -0.1) is 24.0 Å². The number of halogens is 3. The van der Waals surface area contributed by atoms with E-state index >= 15 is 0 Å². The van der Waals surface area contributed by atoms with Gasteiger partial charge in [0.25, 0.3) is 6.43 Å². The van der Waals surface area contributed by atoms with Crippen LogP contribution in [0, 0.1) is 0 Å². The minimum Gasteiger partial charge on any atom is -0.488 e. The van der Waals surface area contributed by atoms with Gasteiger partial charge in [0.05, 0.1) is 13.1 Å². The number of nitrogens with zero attached hydrogens (tertiary/aromatic N) is 1. The monoisotopic (exact) mass is 498 g/mol. The highest BCUT2D eigenvalue weighted by Gasteiger charge is 2.13. The molecular formula is C18H29F2IN4O2. The first-order valence-electron chi connectivity index (χ1n) is 8.52. The number of aliphatic imine (C=N–C) groups is 1. The molecule has 0 aliphatic heterocycles. The third-order valence-corrected chi connectivity index (χ3v) is 2.97. The van der Waals surface area contributed by atoms with Gasteiger partial charge in [0.1, 0.15) is 12.4 Å². The molecule has 1 amide bonds. The van der Waals surface area contributed by atoms with Crippen molar-refractivity contribution in [1.82, 2.24) is 16.0 Å². The Bertz CT molecular complexity index is 607. The second kappa shape index (κ2) is 12.7. The third-order valence-electron chi connectivity index (χ3n) is 2.97. The highest BCUT2D eigenvalue weighted by Crippen LogP contribution is 2.14. The maximum Gasteiger partial charge on any atom is 0.272 e. The third kappa shape index (κ3) is 12.4. The van der Waals surface area contributed by atoms with Crippen molar-refractivity contribution in [2.45, 2.75) is 46.2 Å². The van der Waals surface area contributed by atoms with Crippen molar-refractivity contribution in [2.75, 3.05) is 19.7 Å². The first kappa shape index (κ1) is 25.3. The number of carbonyl (C=O) groups excluding carboxylic acids is 1. The molecule has 154 valence electrons. The fourth-order valence-corrected chi connectivity index (χ4v) is 2.03. The fourth-order valence-electron chi connectivity index (χ4n) is 2.03. The Labute approximate surface area is 176 Å². The van der Waals surface area contributed by atoms with Crippen molar-refractivity contribution in [2.24, 2.45) is 4.99 Å². The molecule has 0 saturated heterocycles. The Morgan fingerprint density at radius 2 is 1.96 bits per heavy atom. The number of ether oxygens (including phenoxy) is 1. The van der Waals surface area contributed by atoms with E-state index in [1.54, 1.807) is 18.2 Å². The SMILES string of the molecule is CCNC(=NCc1cccc(OCC(F)F)c1)NCC(=O)NC(C)(C)C.I. The molecule has 0 unspecified atom stereocenters. The molecule has 0 aliphatic carbocycles. The lowest BCUT2D eigenvalue weighted by Gasteiger charge is -2.21. The van der Waals surface area contributed by atoms with E-state index in [1.165, 1.54) is 0 Å². The maximum absolute atomic E-state index is 12.2. The number of amides is 1. The molecule has 0 heterocycles. The summed E-state index contributed by atoms with van der Waals surface area (Å²) in [5.74, 6) is 0.737. The van der Waals surface area contributed by atoms with Crippen LogP contribution in [0.4, 0.5) is 8.78 Å². The summed E-state index contributed by atoms with van der Waals surface area (Å²) in [7, 11) is 0. The van der Waals surface area contributed by atoms with Crippen molar-refractivity contribution in [3.05, 3.63) is 29.8 Å². The molecule has 0 aromatic heterocycles. The van der Waals surface area contributed by atoms with Gasteiger partial charge < -0.3 is 20.7 Å². The van der Waals surface area contributed by atoms with Crippen LogP contribution in [-0.4, -0.2) is 43.5 Å². The van der Waals surface area contributed by atoms with E-state index in [9.17, 15) is 13.6 Å². The largest absolute Gasteiger partial charge is 0.488 e. The molecule has 0 atom stereocenters. The molecule has 1 aromatic rings. The minimum absolute atomic E-state index is 0. The topological polar surface area (TPSA) is 74.8 Å². The summed E-state index contributed by atoms with van der Waals surface area (Å²) >= 11 is 0. The van der Waals surface area contributed by atoms with Gasteiger partial charge in [-0.1, -0.05) is 12.1 Å². The summed E-state index contributed by atoms with van der Waals surface area (Å²) in [5, 5.41) is 8.88. The van der Waals surface area contributed by atoms with Crippen LogP contribution in [-0.2, 0) is 11.3 Å². The molecule has 1 rings (SSSR count). The van der Waals surface area contributed by atoms with Gasteiger partial charge in [-0.25, -0.2) is 13.8 Å². The number of alkyl halides is 2. The Kier molecular flexibility index (Phi) is 11.9. The number of nitrogens with one attached hydrogen (secondary N) is 3. The number of guanidine groups is 1. The summed E-state index contributed by atoms with van der Waals surface area (Å²) in [4.78, 5) is 16.3. The van der Waals surface area contributed by atoms with E-state index in [1.807, 2.05) is 33.8 Å². The lowest BCUT2D eigenvalue weighted by molar-refractivity contribution is -0.121. The van der Waals surface area contributed by atoms with Crippen LogP contribution in [0.1, 0.15) is 33.3 Å². The van der Waals surface area contributed by atoms with Gasteiger partial charge in [-0.2, -0.15) is 0 Å². The summed E-state index contributed by atoms with van der Waals surface area (Å²) in [6, 6.07) is 6.84. The quantitative estimate of drug-likeness (QED) is 0.293. The molecule has 0 saturated carbocycles. The number of hydrogen-bond donors (Lipinski definition) is 3. The minimum atomic E-state index is -2.51. The zero-order valence-electron chi connectivity index (χ0n) is 16.1. The molecule has 6 nitrogen and oxygen atoms in total. The van der Waals surface area contributed by atoms with Crippen molar-refractivity contribution >= 4 is 35.8 Å². The van der Waals surface area contributed by atoms with Crippen LogP contribution in [0.5, 0.6) is 5.75 Å². The lowest BCUT2D eigenvalue weighted by atomic mass is 10.1. The fraction of sp³-hybridized carbons (Fsp3) is 0.556. The smallest absolute Gasteiger partial charge is 0.272 e. The maximum atomic E-state index is 12.2. The van der Waals surface area contributed by atoms with Crippen molar-refractivity contribution in [3.63, 3.8) is 0 Å². The van der Waals surface area contributed by atoms with Gasteiger partial charge in [0.15, 0.2) is 5.96 Å². The van der Waals surface area contributed by atoms with Crippen molar-refractivity contribution < 1.29 is 18.3 Å². The number of carbonyl (C=O) groups is 1. The van der Waals surface area contributed by atoms with Crippen LogP contribution < -0.4 is 20.7 Å². The van der Waals surface area contributed by atoms with E-state index in [0.29, 0.717) is 24.8 Å². The van der Waals surface area contributed by atoms with Crippen LogP contribution in [0.3, 0.4) is 0 Å². The predicted molar refractivity (Wildman–Crippen MR) is 114 cm³/mol. The second-order valence-electron chi connectivity index (χ2n) is 6.70. The predicted octanol–water partition coefficient (Wildman–Crippen LogP) is 2.92. The average Bonchev–Trinajstić information content (AvgIpc) is 2.54. The zero-order chi connectivity index (χ0) is 19.6. The summed E-state index contributed by atoms with van der Waals surface area (Å²) < 4.78 is 29.4. The van der Waals surface area contributed by atoms with E-state index in [4.69, 9.17) is 4.74 Å². The first-order valence-corrected chi connectivity index (χ1v) is 8.52. The second-order valence-corrected chi connectivity index (χ2v) is 6.70. The number of benzene rings is 1. The van der Waals surface area contributed by atoms with Crippen molar-refractivity contribution in [3.8, 4) is 5.75 Å². The molecule has 0 bridgehead atoms. The lowest BCUT2D eigenvalue weighted by Crippen LogP contribution is -2.48. The van der Waals surface area contributed by atoms with E-state index in [0.717, 1.165) is 5.56 Å². The molecule has 0 fully saturated rings. The van der Waals surface area contributed by atoms with E-state index in [2.05, 4.69) is 20.9 Å². The highest BCUT2D eigenvalue weighted by molar-refractivity contribution is 14.0. The molecule has 3 N–H and O–H groups in total. The van der Waals surface area contributed by atoms with Crippen LogP contribution in [0.25, 0.3) is 0 Å². The number of hydrogen-bond acceptors (Lipinski definition) is 3. The van der Waals surface area contributed by atoms with Gasteiger partial charge in [-0.05, 0) is 45.4 Å². The van der Waals surface area contributed by atoms with Crippen LogP contribution >= 0.6 is 24.0 Å². The van der Waals surface area contributed by atoms with Crippen LogP contribution in [0.2, 0.25) is 0 Å². The summed E-state index contributed by atoms with van der Waals surface area (Å²) in [6.07, 6.45) is -2.51. The molecule has 0 aliphatic rings. The van der Waals surface area contributed by atoms with Gasteiger partial charge in [0, 0.05) is 12.1 Å². The van der Waals surface area contributed by atoms with Crippen molar-refractivity contribution in [1.29, 1.82) is 0 Å². The zero-order valence-corrected chi connectivity index (χ0v) is 18.5. The number of rotatable bonds is 8. The molecule has 0 spiro atoms. The molecule has 9 heteroatoms. The Morgan fingerprint density at radius 1 is 1.26 bits per heavy atom. The van der Waals surface area contributed by atoms with Gasteiger partial charge in [-0.3, -0.25) is 4.79 Å². The molecule has 27 heavy (non-hydrogen) atoms. The highest BCUT2D eigenvalue weighted by atomic mass is 127. The summed E-state index contributed by atoms with van der Waals surface area (Å²) in [6.45, 7) is 8.08. The van der Waals surface area contributed by atoms with Gasteiger partial charge in [0.2, 0.25) is 5.91 Å². The average molecular weight is 498 g/mol. The first-order chi connectivity index (χ1) is 12.2. The molecule has 0 radical (unpaired) electrons. The normalized spacial score (nSPS) is 11.6. The summed E-state index contributed by atoms with van der Waals surface area (Å²) in [5.41, 5.74) is 0.514. The molecular weight excluding hydrogens is 469 g/mol. The Hall–Kier alpha value is -1.65. The van der Waals surface area contributed by atoms with E-state index in [-0.39, 0.29) is 42.0 Å². The molecule has 1 aromatic carbocycles.